The van der Waals surface area contributed by atoms with Crippen LogP contribution >= 0.6 is 11.6 Å². The highest BCUT2D eigenvalue weighted by Crippen LogP contribution is 2.35. The fourth-order valence-corrected chi connectivity index (χ4v) is 3.07. The van der Waals surface area contributed by atoms with E-state index >= 15 is 0 Å². The van der Waals surface area contributed by atoms with E-state index in [2.05, 4.69) is 5.32 Å². The molecule has 1 amide bonds. The molecule has 0 saturated heterocycles. The summed E-state index contributed by atoms with van der Waals surface area (Å²) in [4.78, 5) is 12.3. The standard InChI is InChI=1S/C18H16ClF2NO/c19-14-4-2-12(3-5-14)11-18(6-1-7-18)22-17(23)13-8-15(20)10-16(21)9-13/h2-5,8-10H,1,6-7,11H2,(H,22,23). The average Bonchev–Trinajstić information content (AvgIpc) is 2.46. The molecule has 0 atom stereocenters. The Kier molecular flexibility index (Phi) is 4.35. The minimum atomic E-state index is -0.754. The van der Waals surface area contributed by atoms with Gasteiger partial charge in [0.25, 0.3) is 5.91 Å². The number of benzene rings is 2. The van der Waals surface area contributed by atoms with Gasteiger partial charge in [-0.1, -0.05) is 23.7 Å². The quantitative estimate of drug-likeness (QED) is 0.875. The van der Waals surface area contributed by atoms with Crippen LogP contribution in [0.4, 0.5) is 8.78 Å². The molecule has 0 aliphatic heterocycles. The number of carbonyl (C=O) groups is 1. The van der Waals surface area contributed by atoms with Crippen LogP contribution in [0.2, 0.25) is 5.02 Å². The van der Waals surface area contributed by atoms with E-state index < -0.39 is 17.5 Å². The van der Waals surface area contributed by atoms with E-state index in [4.69, 9.17) is 11.6 Å². The van der Waals surface area contributed by atoms with E-state index in [1.807, 2.05) is 24.3 Å². The lowest BCUT2D eigenvalue weighted by Gasteiger charge is -2.43. The summed E-state index contributed by atoms with van der Waals surface area (Å²) >= 11 is 5.88. The zero-order valence-electron chi connectivity index (χ0n) is 12.4. The Hall–Kier alpha value is -1.94. The van der Waals surface area contributed by atoms with Crippen molar-refractivity contribution in [3.8, 4) is 0 Å². The number of rotatable bonds is 4. The molecule has 5 heteroatoms. The lowest BCUT2D eigenvalue weighted by atomic mass is 9.72. The second kappa shape index (κ2) is 6.28. The molecule has 1 fully saturated rings. The fourth-order valence-electron chi connectivity index (χ4n) is 2.94. The van der Waals surface area contributed by atoms with Crippen molar-refractivity contribution in [3.05, 3.63) is 70.2 Å². The van der Waals surface area contributed by atoms with Gasteiger partial charge in [-0.25, -0.2) is 8.78 Å². The van der Waals surface area contributed by atoms with Crippen molar-refractivity contribution in [1.29, 1.82) is 0 Å². The molecule has 0 unspecified atom stereocenters. The molecule has 0 bridgehead atoms. The van der Waals surface area contributed by atoms with E-state index in [-0.39, 0.29) is 11.1 Å². The zero-order valence-corrected chi connectivity index (χ0v) is 13.2. The Morgan fingerprint density at radius 2 is 1.70 bits per heavy atom. The second-order valence-electron chi connectivity index (χ2n) is 6.05. The van der Waals surface area contributed by atoms with Gasteiger partial charge in [-0.3, -0.25) is 4.79 Å². The van der Waals surface area contributed by atoms with Gasteiger partial charge in [-0.2, -0.15) is 0 Å². The highest BCUT2D eigenvalue weighted by molar-refractivity contribution is 6.30. The Morgan fingerprint density at radius 3 is 2.22 bits per heavy atom. The number of nitrogens with one attached hydrogen (secondary N) is 1. The molecule has 0 radical (unpaired) electrons. The summed E-state index contributed by atoms with van der Waals surface area (Å²) in [6.07, 6.45) is 3.39. The maximum Gasteiger partial charge on any atom is 0.251 e. The van der Waals surface area contributed by atoms with Crippen molar-refractivity contribution in [1.82, 2.24) is 5.32 Å². The predicted molar refractivity (Wildman–Crippen MR) is 85.6 cm³/mol. The van der Waals surface area contributed by atoms with Crippen LogP contribution in [0, 0.1) is 11.6 Å². The van der Waals surface area contributed by atoms with Crippen LogP contribution < -0.4 is 5.32 Å². The third-order valence-corrected chi connectivity index (χ3v) is 4.52. The number of carbonyl (C=O) groups excluding carboxylic acids is 1. The van der Waals surface area contributed by atoms with Crippen molar-refractivity contribution >= 4 is 17.5 Å². The van der Waals surface area contributed by atoms with E-state index in [1.54, 1.807) is 0 Å². The molecule has 2 aromatic rings. The van der Waals surface area contributed by atoms with Crippen LogP contribution in [0.1, 0.15) is 35.2 Å². The summed E-state index contributed by atoms with van der Waals surface area (Å²) in [5, 5.41) is 3.62. The van der Waals surface area contributed by atoms with Gasteiger partial charge in [0.05, 0.1) is 0 Å². The van der Waals surface area contributed by atoms with Crippen LogP contribution in [0.15, 0.2) is 42.5 Å². The van der Waals surface area contributed by atoms with Crippen LogP contribution in [0.5, 0.6) is 0 Å². The molecule has 1 aliphatic carbocycles. The lowest BCUT2D eigenvalue weighted by molar-refractivity contribution is 0.0826. The monoisotopic (exact) mass is 335 g/mol. The lowest BCUT2D eigenvalue weighted by Crippen LogP contribution is -2.55. The zero-order chi connectivity index (χ0) is 16.4. The van der Waals surface area contributed by atoms with Crippen molar-refractivity contribution < 1.29 is 13.6 Å². The molecule has 120 valence electrons. The third-order valence-electron chi connectivity index (χ3n) is 4.27. The van der Waals surface area contributed by atoms with Crippen molar-refractivity contribution in [2.24, 2.45) is 0 Å². The second-order valence-corrected chi connectivity index (χ2v) is 6.49. The predicted octanol–water partition coefficient (Wildman–Crippen LogP) is 4.51. The van der Waals surface area contributed by atoms with E-state index in [1.165, 1.54) is 0 Å². The summed E-state index contributed by atoms with van der Waals surface area (Å²) in [7, 11) is 0. The van der Waals surface area contributed by atoms with Crippen LogP contribution in [-0.2, 0) is 6.42 Å². The topological polar surface area (TPSA) is 29.1 Å². The van der Waals surface area contributed by atoms with Gasteiger partial charge in [0.15, 0.2) is 0 Å². The molecule has 1 aliphatic rings. The van der Waals surface area contributed by atoms with Gasteiger partial charge in [0.1, 0.15) is 11.6 Å². The average molecular weight is 336 g/mol. The Balaban J connectivity index is 1.75. The number of halogens is 3. The van der Waals surface area contributed by atoms with E-state index in [0.29, 0.717) is 11.4 Å². The van der Waals surface area contributed by atoms with Gasteiger partial charge in [-0.15, -0.1) is 0 Å². The minimum Gasteiger partial charge on any atom is -0.346 e. The maximum atomic E-state index is 13.3. The maximum absolute atomic E-state index is 13.3. The normalized spacial score (nSPS) is 15.8. The Labute approximate surface area is 138 Å². The first kappa shape index (κ1) is 15.9. The first-order chi connectivity index (χ1) is 11.0. The summed E-state index contributed by atoms with van der Waals surface area (Å²) in [5.74, 6) is -1.96. The molecule has 0 heterocycles. The number of amides is 1. The molecule has 2 aromatic carbocycles. The van der Waals surface area contributed by atoms with Crippen LogP contribution in [0.25, 0.3) is 0 Å². The Morgan fingerprint density at radius 1 is 1.09 bits per heavy atom. The van der Waals surface area contributed by atoms with Crippen LogP contribution in [-0.4, -0.2) is 11.4 Å². The van der Waals surface area contributed by atoms with Gasteiger partial charge >= 0.3 is 0 Å². The summed E-state index contributed by atoms with van der Waals surface area (Å²) in [5.41, 5.74) is 0.720. The third kappa shape index (κ3) is 3.70. The van der Waals surface area contributed by atoms with Crippen molar-refractivity contribution in [2.75, 3.05) is 0 Å². The van der Waals surface area contributed by atoms with E-state index in [0.717, 1.165) is 43.0 Å². The number of hydrogen-bond donors (Lipinski definition) is 1. The SMILES string of the molecule is O=C(NC1(Cc2ccc(Cl)cc2)CCC1)c1cc(F)cc(F)c1. The molecular formula is C18H16ClF2NO. The summed E-state index contributed by atoms with van der Waals surface area (Å²) in [6.45, 7) is 0. The highest BCUT2D eigenvalue weighted by Gasteiger charge is 2.38. The smallest absolute Gasteiger partial charge is 0.251 e. The fraction of sp³-hybridized carbons (Fsp3) is 0.278. The molecule has 0 aromatic heterocycles. The van der Waals surface area contributed by atoms with Crippen molar-refractivity contribution in [2.45, 2.75) is 31.2 Å². The first-order valence-electron chi connectivity index (χ1n) is 7.49. The molecular weight excluding hydrogens is 320 g/mol. The Bertz CT molecular complexity index is 706. The van der Waals surface area contributed by atoms with Gasteiger partial charge in [0, 0.05) is 22.2 Å². The van der Waals surface area contributed by atoms with Gasteiger partial charge in [0.2, 0.25) is 0 Å². The molecule has 3 rings (SSSR count). The van der Waals surface area contributed by atoms with Crippen molar-refractivity contribution in [3.63, 3.8) is 0 Å². The van der Waals surface area contributed by atoms with E-state index in [9.17, 15) is 13.6 Å². The van der Waals surface area contributed by atoms with Gasteiger partial charge < -0.3 is 5.32 Å². The molecule has 1 N–H and O–H groups in total. The summed E-state index contributed by atoms with van der Waals surface area (Å²) < 4.78 is 26.5. The number of hydrogen-bond acceptors (Lipinski definition) is 1. The molecule has 1 saturated carbocycles. The molecule has 0 spiro atoms. The molecule has 23 heavy (non-hydrogen) atoms. The minimum absolute atomic E-state index is 0.00452. The first-order valence-corrected chi connectivity index (χ1v) is 7.87. The highest BCUT2D eigenvalue weighted by atomic mass is 35.5. The van der Waals surface area contributed by atoms with Crippen LogP contribution in [0.3, 0.4) is 0 Å². The molecule has 2 nitrogen and oxygen atoms in total. The largest absolute Gasteiger partial charge is 0.346 e. The van der Waals surface area contributed by atoms with Gasteiger partial charge in [-0.05, 0) is 55.5 Å². The summed E-state index contributed by atoms with van der Waals surface area (Å²) in [6, 6.07) is 10.3.